The smallest absolute Gasteiger partial charge is 0.244 e. The van der Waals surface area contributed by atoms with Crippen LogP contribution in [0.15, 0.2) is 40.9 Å². The number of aromatic nitrogens is 2. The summed E-state index contributed by atoms with van der Waals surface area (Å²) in [6, 6.07) is 9.79. The zero-order valence-corrected chi connectivity index (χ0v) is 16.1. The summed E-state index contributed by atoms with van der Waals surface area (Å²) in [5.74, 6) is 1.08. The molecule has 0 saturated heterocycles. The van der Waals surface area contributed by atoms with E-state index in [1.54, 1.807) is 6.08 Å². The molecule has 0 unspecified atom stereocenters. The molecule has 1 aromatic heterocycles. The van der Waals surface area contributed by atoms with E-state index in [-0.39, 0.29) is 5.91 Å². The Labute approximate surface area is 160 Å². The van der Waals surface area contributed by atoms with Crippen molar-refractivity contribution in [1.29, 1.82) is 0 Å². The molecule has 0 spiro atoms. The van der Waals surface area contributed by atoms with E-state index in [9.17, 15) is 4.79 Å². The normalized spacial score (nSPS) is 16.3. The van der Waals surface area contributed by atoms with Crippen LogP contribution < -0.4 is 5.32 Å². The number of nitrogens with one attached hydrogen (secondary N) is 1. The molecular formula is C21H28N4O2. The predicted octanol–water partition coefficient (Wildman–Crippen LogP) is 3.51. The summed E-state index contributed by atoms with van der Waals surface area (Å²) in [4.78, 5) is 19.4. The largest absolute Gasteiger partial charge is 0.340 e. The fraction of sp³-hybridized carbons (Fsp3) is 0.476. The molecule has 1 fully saturated rings. The summed E-state index contributed by atoms with van der Waals surface area (Å²) in [5, 5.41) is 7.36. The number of hydrogen-bond donors (Lipinski definition) is 1. The molecule has 1 aliphatic rings. The van der Waals surface area contributed by atoms with Gasteiger partial charge >= 0.3 is 0 Å². The number of carbonyl (C=O) groups is 1. The number of benzene rings is 1. The van der Waals surface area contributed by atoms with Crippen molar-refractivity contribution >= 4 is 12.0 Å². The van der Waals surface area contributed by atoms with Crippen molar-refractivity contribution in [1.82, 2.24) is 20.4 Å². The summed E-state index contributed by atoms with van der Waals surface area (Å²) in [6.07, 6.45) is 7.15. The predicted molar refractivity (Wildman–Crippen MR) is 105 cm³/mol. The molecule has 27 heavy (non-hydrogen) atoms. The quantitative estimate of drug-likeness (QED) is 0.722. The van der Waals surface area contributed by atoms with Crippen LogP contribution in [-0.2, 0) is 16.9 Å². The molecule has 0 atom stereocenters. The Morgan fingerprint density at radius 3 is 2.59 bits per heavy atom. The second-order valence-corrected chi connectivity index (χ2v) is 7.00. The van der Waals surface area contributed by atoms with Gasteiger partial charge in [0, 0.05) is 6.08 Å². The van der Waals surface area contributed by atoms with Crippen molar-refractivity contribution in [3.8, 4) is 0 Å². The Kier molecular flexibility index (Phi) is 6.40. The van der Waals surface area contributed by atoms with Gasteiger partial charge in [0.25, 0.3) is 0 Å². The first kappa shape index (κ1) is 19.3. The van der Waals surface area contributed by atoms with Gasteiger partial charge < -0.3 is 9.84 Å². The SMILES string of the molecule is CCN(CC)Cc1nc(C2(NC(=O)C=Cc3ccccc3)CCCC2)no1. The maximum absolute atomic E-state index is 12.5. The van der Waals surface area contributed by atoms with Crippen LogP contribution in [0.3, 0.4) is 0 Å². The number of rotatable bonds is 8. The molecule has 2 aromatic rings. The zero-order valence-electron chi connectivity index (χ0n) is 16.1. The molecule has 3 rings (SSSR count). The van der Waals surface area contributed by atoms with Crippen molar-refractivity contribution in [2.24, 2.45) is 0 Å². The molecule has 1 heterocycles. The fourth-order valence-corrected chi connectivity index (χ4v) is 3.55. The fourth-order valence-electron chi connectivity index (χ4n) is 3.55. The van der Waals surface area contributed by atoms with Gasteiger partial charge in [-0.1, -0.05) is 62.2 Å². The minimum absolute atomic E-state index is 0.129. The van der Waals surface area contributed by atoms with Crippen molar-refractivity contribution in [3.63, 3.8) is 0 Å². The average molecular weight is 368 g/mol. The van der Waals surface area contributed by atoms with Crippen LogP contribution in [0, 0.1) is 0 Å². The molecule has 0 radical (unpaired) electrons. The standard InChI is InChI=1S/C21H28N4O2/c1-3-25(4-2)16-19-22-20(24-27-19)21(14-8-9-15-21)23-18(26)13-12-17-10-6-5-7-11-17/h5-7,10-13H,3-4,8-9,14-16H2,1-2H3,(H,23,26). The topological polar surface area (TPSA) is 71.3 Å². The highest BCUT2D eigenvalue weighted by Crippen LogP contribution is 2.37. The highest BCUT2D eigenvalue weighted by atomic mass is 16.5. The monoisotopic (exact) mass is 368 g/mol. The Morgan fingerprint density at radius 2 is 1.93 bits per heavy atom. The lowest BCUT2D eigenvalue weighted by Gasteiger charge is -2.26. The molecular weight excluding hydrogens is 340 g/mol. The van der Waals surface area contributed by atoms with Gasteiger partial charge in [-0.05, 0) is 37.6 Å². The average Bonchev–Trinajstić information content (AvgIpc) is 3.35. The Balaban J connectivity index is 1.71. The van der Waals surface area contributed by atoms with E-state index in [0.29, 0.717) is 18.3 Å². The van der Waals surface area contributed by atoms with Gasteiger partial charge in [-0.2, -0.15) is 4.98 Å². The molecule has 1 N–H and O–H groups in total. The molecule has 6 heteroatoms. The van der Waals surface area contributed by atoms with E-state index in [4.69, 9.17) is 4.52 Å². The first-order valence-corrected chi connectivity index (χ1v) is 9.76. The van der Waals surface area contributed by atoms with Crippen LogP contribution in [0.1, 0.15) is 56.8 Å². The third kappa shape index (κ3) is 4.83. The van der Waals surface area contributed by atoms with Crippen LogP contribution in [0.5, 0.6) is 0 Å². The minimum Gasteiger partial charge on any atom is -0.340 e. The van der Waals surface area contributed by atoms with E-state index in [0.717, 1.165) is 44.3 Å². The molecule has 1 aromatic carbocycles. The maximum Gasteiger partial charge on any atom is 0.244 e. The summed E-state index contributed by atoms with van der Waals surface area (Å²) >= 11 is 0. The van der Waals surface area contributed by atoms with Gasteiger partial charge in [-0.15, -0.1) is 0 Å². The van der Waals surface area contributed by atoms with Gasteiger partial charge in [-0.3, -0.25) is 9.69 Å². The number of amides is 1. The van der Waals surface area contributed by atoms with Gasteiger partial charge in [0.2, 0.25) is 11.8 Å². The van der Waals surface area contributed by atoms with E-state index >= 15 is 0 Å². The molecule has 6 nitrogen and oxygen atoms in total. The summed E-state index contributed by atoms with van der Waals surface area (Å²) in [7, 11) is 0. The van der Waals surface area contributed by atoms with E-state index in [1.807, 2.05) is 36.4 Å². The number of nitrogens with zero attached hydrogens (tertiary/aromatic N) is 3. The summed E-state index contributed by atoms with van der Waals surface area (Å²) in [5.41, 5.74) is 0.470. The van der Waals surface area contributed by atoms with Gasteiger partial charge in [0.05, 0.1) is 6.54 Å². The number of hydrogen-bond acceptors (Lipinski definition) is 5. The molecule has 1 aliphatic carbocycles. The molecule has 1 amide bonds. The van der Waals surface area contributed by atoms with Gasteiger partial charge in [0.15, 0.2) is 5.82 Å². The first-order chi connectivity index (χ1) is 13.1. The summed E-state index contributed by atoms with van der Waals surface area (Å²) < 4.78 is 5.48. The highest BCUT2D eigenvalue weighted by molar-refractivity contribution is 5.92. The summed E-state index contributed by atoms with van der Waals surface area (Å²) in [6.45, 7) is 6.72. The van der Waals surface area contributed by atoms with Crippen LogP contribution in [0.25, 0.3) is 6.08 Å². The second kappa shape index (κ2) is 8.95. The molecule has 0 aliphatic heterocycles. The Bertz CT molecular complexity index is 759. The van der Waals surface area contributed by atoms with Crippen molar-refractivity contribution < 1.29 is 9.32 Å². The second-order valence-electron chi connectivity index (χ2n) is 7.00. The third-order valence-corrected chi connectivity index (χ3v) is 5.20. The first-order valence-electron chi connectivity index (χ1n) is 9.76. The molecule has 0 bridgehead atoms. The maximum atomic E-state index is 12.5. The van der Waals surface area contributed by atoms with Gasteiger partial charge in [0.1, 0.15) is 5.54 Å². The molecule has 144 valence electrons. The highest BCUT2D eigenvalue weighted by Gasteiger charge is 2.41. The van der Waals surface area contributed by atoms with Crippen LogP contribution in [-0.4, -0.2) is 34.0 Å². The van der Waals surface area contributed by atoms with Crippen molar-refractivity contribution in [2.45, 2.75) is 51.6 Å². The van der Waals surface area contributed by atoms with Gasteiger partial charge in [-0.25, -0.2) is 0 Å². The van der Waals surface area contributed by atoms with E-state index in [1.165, 1.54) is 0 Å². The Morgan fingerprint density at radius 1 is 1.22 bits per heavy atom. The van der Waals surface area contributed by atoms with Crippen molar-refractivity contribution in [2.75, 3.05) is 13.1 Å². The van der Waals surface area contributed by atoms with Crippen LogP contribution in [0.2, 0.25) is 0 Å². The van der Waals surface area contributed by atoms with Crippen molar-refractivity contribution in [3.05, 3.63) is 53.7 Å². The lowest BCUT2D eigenvalue weighted by Crippen LogP contribution is -2.44. The van der Waals surface area contributed by atoms with E-state index in [2.05, 4.69) is 34.2 Å². The third-order valence-electron chi connectivity index (χ3n) is 5.20. The number of carbonyl (C=O) groups excluding carboxylic acids is 1. The lowest BCUT2D eigenvalue weighted by atomic mass is 9.96. The van der Waals surface area contributed by atoms with Crippen LogP contribution >= 0.6 is 0 Å². The Hall–Kier alpha value is -2.47. The zero-order chi connectivity index (χ0) is 19.1. The molecule has 1 saturated carbocycles. The van der Waals surface area contributed by atoms with E-state index < -0.39 is 5.54 Å². The lowest BCUT2D eigenvalue weighted by molar-refractivity contribution is -0.118. The van der Waals surface area contributed by atoms with Crippen LogP contribution in [0.4, 0.5) is 0 Å². The minimum atomic E-state index is -0.525.